The van der Waals surface area contributed by atoms with E-state index < -0.39 is 7.60 Å². The normalized spacial score (nSPS) is 24.2. The average molecular weight is 283 g/mol. The van der Waals surface area contributed by atoms with Crippen LogP contribution in [0.25, 0.3) is 0 Å². The molecular weight excluding hydrogens is 261 g/mol. The van der Waals surface area contributed by atoms with Crippen molar-refractivity contribution in [2.75, 3.05) is 19.8 Å². The molecule has 1 fully saturated rings. The number of nitrogens with zero attached hydrogens (tertiary/aromatic N) is 1. The van der Waals surface area contributed by atoms with Crippen LogP contribution < -0.4 is 0 Å². The smallest absolute Gasteiger partial charge is 0.308 e. The van der Waals surface area contributed by atoms with Crippen molar-refractivity contribution in [1.29, 1.82) is 0 Å². The van der Waals surface area contributed by atoms with Gasteiger partial charge in [-0.3, -0.25) is 9.46 Å². The van der Waals surface area contributed by atoms with Crippen molar-refractivity contribution in [3.05, 3.63) is 35.9 Å². The van der Waals surface area contributed by atoms with Crippen molar-refractivity contribution in [2.45, 2.75) is 32.6 Å². The van der Waals surface area contributed by atoms with Crippen molar-refractivity contribution >= 4 is 7.60 Å². The van der Waals surface area contributed by atoms with E-state index in [-0.39, 0.29) is 11.8 Å². The molecule has 0 N–H and O–H groups in total. The second-order valence-electron chi connectivity index (χ2n) is 4.64. The third-order valence-electron chi connectivity index (χ3n) is 3.39. The maximum atomic E-state index is 12.6. The first-order valence-corrected chi connectivity index (χ1v) is 8.43. The van der Waals surface area contributed by atoms with Gasteiger partial charge in [-0.1, -0.05) is 30.3 Å². The van der Waals surface area contributed by atoms with Crippen molar-refractivity contribution in [3.8, 4) is 0 Å². The zero-order chi connectivity index (χ0) is 13.9. The van der Waals surface area contributed by atoms with E-state index in [1.807, 2.05) is 32.0 Å². The van der Waals surface area contributed by atoms with Crippen LogP contribution in [-0.2, 0) is 13.6 Å². The van der Waals surface area contributed by atoms with Crippen molar-refractivity contribution in [3.63, 3.8) is 0 Å². The molecule has 0 amide bonds. The minimum atomic E-state index is -2.98. The van der Waals surface area contributed by atoms with E-state index in [9.17, 15) is 4.57 Å². The molecule has 3 atom stereocenters. The van der Waals surface area contributed by atoms with Crippen LogP contribution in [0, 0.1) is 0 Å². The minimum absolute atomic E-state index is 0.0948. The molecule has 1 aliphatic rings. The van der Waals surface area contributed by atoms with Crippen molar-refractivity contribution in [2.24, 2.45) is 0 Å². The van der Waals surface area contributed by atoms with Crippen molar-refractivity contribution in [1.82, 2.24) is 4.90 Å². The summed E-state index contributed by atoms with van der Waals surface area (Å²) in [6.07, 6.45) is 0. The second-order valence-corrected chi connectivity index (χ2v) is 6.83. The van der Waals surface area contributed by atoms with Gasteiger partial charge in [-0.25, -0.2) is 0 Å². The van der Waals surface area contributed by atoms with Gasteiger partial charge in [0.25, 0.3) is 0 Å². The Kier molecular flexibility index (Phi) is 4.80. The molecule has 1 heterocycles. The molecule has 1 aromatic carbocycles. The third kappa shape index (κ3) is 3.26. The maximum absolute atomic E-state index is 12.6. The standard InChI is InChI=1S/C14H22NO3P/c1-4-17-19(16,18-5-2)14-11-15(14)12(3)13-9-7-6-8-10-13/h6-10,12,14H,4-5,11H2,1-3H3/t12-,14-,15?/m1/s1. The van der Waals surface area contributed by atoms with Gasteiger partial charge in [0, 0.05) is 12.6 Å². The lowest BCUT2D eigenvalue weighted by Gasteiger charge is -2.20. The fourth-order valence-corrected chi connectivity index (χ4v) is 4.42. The predicted octanol–water partition coefficient (Wildman–Crippen LogP) is 3.66. The molecule has 0 aliphatic carbocycles. The van der Waals surface area contributed by atoms with Gasteiger partial charge in [0.2, 0.25) is 0 Å². The zero-order valence-corrected chi connectivity index (χ0v) is 12.7. The lowest BCUT2D eigenvalue weighted by atomic mass is 10.1. The molecule has 19 heavy (non-hydrogen) atoms. The first-order chi connectivity index (χ1) is 9.12. The summed E-state index contributed by atoms with van der Waals surface area (Å²) in [5.41, 5.74) is 1.23. The average Bonchev–Trinajstić information content (AvgIpc) is 3.20. The van der Waals surface area contributed by atoms with Gasteiger partial charge < -0.3 is 9.05 Å². The van der Waals surface area contributed by atoms with Crippen LogP contribution >= 0.6 is 7.60 Å². The van der Waals surface area contributed by atoms with Gasteiger partial charge >= 0.3 is 7.60 Å². The molecule has 0 aromatic heterocycles. The van der Waals surface area contributed by atoms with E-state index in [0.29, 0.717) is 13.2 Å². The Morgan fingerprint density at radius 1 is 1.26 bits per heavy atom. The molecular formula is C14H22NO3P. The summed E-state index contributed by atoms with van der Waals surface area (Å²) in [6.45, 7) is 7.42. The molecule has 2 rings (SSSR count). The first-order valence-electron chi connectivity index (χ1n) is 6.82. The van der Waals surface area contributed by atoms with Crippen LogP contribution in [0.1, 0.15) is 32.4 Å². The first kappa shape index (κ1) is 14.7. The molecule has 1 saturated heterocycles. The van der Waals surface area contributed by atoms with E-state index in [1.54, 1.807) is 0 Å². The quantitative estimate of drug-likeness (QED) is 0.565. The van der Waals surface area contributed by atoms with E-state index in [0.717, 1.165) is 6.54 Å². The molecule has 106 valence electrons. The lowest BCUT2D eigenvalue weighted by molar-refractivity contribution is 0.212. The summed E-state index contributed by atoms with van der Waals surface area (Å²) < 4.78 is 23.4. The highest BCUT2D eigenvalue weighted by Gasteiger charge is 2.53. The minimum Gasteiger partial charge on any atom is -0.308 e. The van der Waals surface area contributed by atoms with Crippen LogP contribution in [0.3, 0.4) is 0 Å². The van der Waals surface area contributed by atoms with Crippen LogP contribution in [0.4, 0.5) is 0 Å². The summed E-state index contributed by atoms with van der Waals surface area (Å²) in [7, 11) is -2.98. The Bertz CT molecular complexity index is 441. The summed E-state index contributed by atoms with van der Waals surface area (Å²) in [5.74, 6) is -0.0948. The Hall–Kier alpha value is -0.670. The van der Waals surface area contributed by atoms with Gasteiger partial charge in [0.15, 0.2) is 0 Å². The molecule has 1 aromatic rings. The largest absolute Gasteiger partial charge is 0.348 e. The highest BCUT2D eigenvalue weighted by molar-refractivity contribution is 7.55. The van der Waals surface area contributed by atoms with Gasteiger partial charge in [-0.15, -0.1) is 0 Å². The molecule has 1 unspecified atom stereocenters. The molecule has 0 spiro atoms. The Morgan fingerprint density at radius 3 is 2.37 bits per heavy atom. The molecule has 0 bridgehead atoms. The predicted molar refractivity (Wildman–Crippen MR) is 76.2 cm³/mol. The van der Waals surface area contributed by atoms with Crippen LogP contribution in [0.5, 0.6) is 0 Å². The van der Waals surface area contributed by atoms with Gasteiger partial charge in [-0.05, 0) is 26.3 Å². The summed E-state index contributed by atoms with van der Waals surface area (Å²) in [6, 6.07) is 10.5. The Balaban J connectivity index is 2.05. The third-order valence-corrected chi connectivity index (χ3v) is 5.81. The van der Waals surface area contributed by atoms with Gasteiger partial charge in [-0.2, -0.15) is 0 Å². The summed E-state index contributed by atoms with van der Waals surface area (Å²) in [5, 5.41) is 0. The molecule has 0 saturated carbocycles. The van der Waals surface area contributed by atoms with E-state index in [2.05, 4.69) is 24.0 Å². The number of hydrogen-bond acceptors (Lipinski definition) is 4. The summed E-state index contributed by atoms with van der Waals surface area (Å²) in [4.78, 5) is 2.17. The summed E-state index contributed by atoms with van der Waals surface area (Å²) >= 11 is 0. The fraction of sp³-hybridized carbons (Fsp3) is 0.571. The fourth-order valence-electron chi connectivity index (χ4n) is 2.33. The van der Waals surface area contributed by atoms with Crippen LogP contribution in [0.2, 0.25) is 0 Å². The molecule has 4 nitrogen and oxygen atoms in total. The Morgan fingerprint density at radius 2 is 1.84 bits per heavy atom. The number of hydrogen-bond donors (Lipinski definition) is 0. The lowest BCUT2D eigenvalue weighted by Crippen LogP contribution is -2.11. The molecule has 1 aliphatic heterocycles. The van der Waals surface area contributed by atoms with Crippen molar-refractivity contribution < 1.29 is 13.6 Å². The monoisotopic (exact) mass is 283 g/mol. The highest BCUT2D eigenvalue weighted by atomic mass is 31.2. The number of benzene rings is 1. The van der Waals surface area contributed by atoms with Crippen LogP contribution in [-0.4, -0.2) is 30.4 Å². The second kappa shape index (κ2) is 6.19. The molecule has 0 radical (unpaired) electrons. The van der Waals surface area contributed by atoms with E-state index in [1.165, 1.54) is 5.56 Å². The van der Waals surface area contributed by atoms with E-state index >= 15 is 0 Å². The SMILES string of the molecule is CCOP(=O)(OCC)[C@@H]1CN1[C@H](C)c1ccccc1. The molecule has 5 heteroatoms. The van der Waals surface area contributed by atoms with Gasteiger partial charge in [0.1, 0.15) is 5.78 Å². The highest BCUT2D eigenvalue weighted by Crippen LogP contribution is 2.61. The topological polar surface area (TPSA) is 38.5 Å². The Labute approximate surface area is 115 Å². The maximum Gasteiger partial charge on any atom is 0.348 e. The number of rotatable bonds is 7. The van der Waals surface area contributed by atoms with Gasteiger partial charge in [0.05, 0.1) is 13.2 Å². The zero-order valence-electron chi connectivity index (χ0n) is 11.8. The van der Waals surface area contributed by atoms with Crippen LogP contribution in [0.15, 0.2) is 30.3 Å². The van der Waals surface area contributed by atoms with E-state index in [4.69, 9.17) is 9.05 Å².